The third kappa shape index (κ3) is 2.04. The van der Waals surface area contributed by atoms with Gasteiger partial charge in [0.1, 0.15) is 0 Å². The molecule has 0 unspecified atom stereocenters. The third-order valence-corrected chi connectivity index (χ3v) is 4.27. The highest BCUT2D eigenvalue weighted by atomic mass is 32.1. The molecule has 1 heterocycles. The smallest absolute Gasteiger partial charge is 0.0345 e. The summed E-state index contributed by atoms with van der Waals surface area (Å²) in [4.78, 5) is 2.76. The number of hydrogen-bond acceptors (Lipinski definition) is 2. The van der Waals surface area contributed by atoms with Gasteiger partial charge in [-0.3, -0.25) is 0 Å². The van der Waals surface area contributed by atoms with Crippen LogP contribution in [0, 0.1) is 0 Å². The molecule has 82 valence electrons. The lowest BCUT2D eigenvalue weighted by Gasteiger charge is -2.04. The van der Waals surface area contributed by atoms with Crippen molar-refractivity contribution in [2.24, 2.45) is 5.73 Å². The van der Waals surface area contributed by atoms with Crippen molar-refractivity contribution in [3.05, 3.63) is 47.3 Å². The number of rotatable bonds is 3. The van der Waals surface area contributed by atoms with Gasteiger partial charge in [-0.15, -0.1) is 11.3 Å². The standard InChI is InChI=1S/C14H15NS/c15-14(8-9-14)10-12-6-7-13(16-12)11-4-2-1-3-5-11/h1-7H,8-10,15H2. The highest BCUT2D eigenvalue weighted by Gasteiger charge is 2.38. The van der Waals surface area contributed by atoms with E-state index in [1.54, 1.807) is 0 Å². The Morgan fingerprint density at radius 3 is 2.50 bits per heavy atom. The summed E-state index contributed by atoms with van der Waals surface area (Å²) in [5.74, 6) is 0. The van der Waals surface area contributed by atoms with E-state index in [-0.39, 0.29) is 5.54 Å². The van der Waals surface area contributed by atoms with Gasteiger partial charge in [-0.05, 0) is 37.0 Å². The van der Waals surface area contributed by atoms with E-state index in [1.807, 2.05) is 11.3 Å². The Balaban J connectivity index is 1.82. The molecule has 1 fully saturated rings. The molecular formula is C14H15NS. The second kappa shape index (κ2) is 3.72. The summed E-state index contributed by atoms with van der Waals surface area (Å²) in [6.45, 7) is 0. The lowest BCUT2D eigenvalue weighted by atomic mass is 10.1. The molecule has 3 rings (SSSR count). The van der Waals surface area contributed by atoms with Crippen LogP contribution in [0.5, 0.6) is 0 Å². The van der Waals surface area contributed by atoms with Crippen LogP contribution in [0.3, 0.4) is 0 Å². The van der Waals surface area contributed by atoms with Crippen molar-refractivity contribution < 1.29 is 0 Å². The van der Waals surface area contributed by atoms with Gasteiger partial charge in [-0.1, -0.05) is 30.3 Å². The number of thiophene rings is 1. The van der Waals surface area contributed by atoms with Gasteiger partial charge >= 0.3 is 0 Å². The molecule has 0 saturated heterocycles. The maximum atomic E-state index is 6.13. The number of nitrogens with two attached hydrogens (primary N) is 1. The molecule has 2 aromatic rings. The average Bonchev–Trinajstić information content (AvgIpc) is 2.86. The summed E-state index contributed by atoms with van der Waals surface area (Å²) >= 11 is 1.87. The SMILES string of the molecule is NC1(Cc2ccc(-c3ccccc3)s2)CC1. The van der Waals surface area contributed by atoms with Crippen LogP contribution < -0.4 is 5.73 Å². The zero-order valence-corrected chi connectivity index (χ0v) is 9.96. The van der Waals surface area contributed by atoms with Gasteiger partial charge in [-0.25, -0.2) is 0 Å². The van der Waals surface area contributed by atoms with Gasteiger partial charge in [-0.2, -0.15) is 0 Å². The average molecular weight is 229 g/mol. The highest BCUT2D eigenvalue weighted by Crippen LogP contribution is 2.38. The van der Waals surface area contributed by atoms with Crippen molar-refractivity contribution in [1.82, 2.24) is 0 Å². The second-order valence-electron chi connectivity index (χ2n) is 4.67. The zero-order valence-electron chi connectivity index (χ0n) is 9.15. The second-order valence-corrected chi connectivity index (χ2v) is 5.84. The molecule has 0 amide bonds. The largest absolute Gasteiger partial charge is 0.325 e. The Labute approximate surface area is 99.9 Å². The Morgan fingerprint density at radius 1 is 1.06 bits per heavy atom. The van der Waals surface area contributed by atoms with Crippen molar-refractivity contribution in [2.45, 2.75) is 24.8 Å². The van der Waals surface area contributed by atoms with Crippen LogP contribution in [0.4, 0.5) is 0 Å². The Kier molecular flexibility index (Phi) is 2.34. The molecule has 2 N–H and O–H groups in total. The van der Waals surface area contributed by atoms with Crippen LogP contribution >= 0.6 is 11.3 Å². The summed E-state index contributed by atoms with van der Waals surface area (Å²) < 4.78 is 0. The molecule has 0 aliphatic heterocycles. The molecule has 0 spiro atoms. The first-order chi connectivity index (χ1) is 7.75. The summed E-state index contributed by atoms with van der Waals surface area (Å²) in [6, 6.07) is 15.0. The van der Waals surface area contributed by atoms with E-state index in [4.69, 9.17) is 5.73 Å². The Morgan fingerprint density at radius 2 is 1.81 bits per heavy atom. The molecule has 1 saturated carbocycles. The fraction of sp³-hybridized carbons (Fsp3) is 0.286. The van der Waals surface area contributed by atoms with Crippen molar-refractivity contribution in [3.63, 3.8) is 0 Å². The molecular weight excluding hydrogens is 214 g/mol. The van der Waals surface area contributed by atoms with Crippen LogP contribution in [-0.4, -0.2) is 5.54 Å². The van der Waals surface area contributed by atoms with Crippen LogP contribution in [0.15, 0.2) is 42.5 Å². The van der Waals surface area contributed by atoms with Gasteiger partial charge in [0.15, 0.2) is 0 Å². The molecule has 1 aliphatic carbocycles. The third-order valence-electron chi connectivity index (χ3n) is 3.14. The van der Waals surface area contributed by atoms with Crippen molar-refractivity contribution in [1.29, 1.82) is 0 Å². The highest BCUT2D eigenvalue weighted by molar-refractivity contribution is 7.15. The fourth-order valence-electron chi connectivity index (χ4n) is 1.91. The van der Waals surface area contributed by atoms with Crippen LogP contribution in [0.25, 0.3) is 10.4 Å². The fourth-order valence-corrected chi connectivity index (χ4v) is 3.08. The van der Waals surface area contributed by atoms with E-state index >= 15 is 0 Å². The maximum Gasteiger partial charge on any atom is 0.0345 e. The monoisotopic (exact) mass is 229 g/mol. The first kappa shape index (κ1) is 10.1. The Hall–Kier alpha value is -1.12. The summed E-state index contributed by atoms with van der Waals surface area (Å²) in [6.07, 6.45) is 3.42. The van der Waals surface area contributed by atoms with E-state index in [1.165, 1.54) is 28.2 Å². The van der Waals surface area contributed by atoms with E-state index < -0.39 is 0 Å². The minimum absolute atomic E-state index is 0.124. The summed E-state index contributed by atoms with van der Waals surface area (Å²) in [7, 11) is 0. The van der Waals surface area contributed by atoms with E-state index in [9.17, 15) is 0 Å². The van der Waals surface area contributed by atoms with Gasteiger partial charge in [0.25, 0.3) is 0 Å². The molecule has 1 aliphatic rings. The quantitative estimate of drug-likeness (QED) is 0.857. The lowest BCUT2D eigenvalue weighted by Crippen LogP contribution is -2.23. The first-order valence-corrected chi connectivity index (χ1v) is 6.50. The van der Waals surface area contributed by atoms with Gasteiger partial charge in [0.05, 0.1) is 0 Å². The van der Waals surface area contributed by atoms with Crippen LogP contribution in [0.1, 0.15) is 17.7 Å². The molecule has 0 atom stereocenters. The molecule has 1 nitrogen and oxygen atoms in total. The van der Waals surface area contributed by atoms with Gasteiger partial charge in [0.2, 0.25) is 0 Å². The molecule has 16 heavy (non-hydrogen) atoms. The number of benzene rings is 1. The normalized spacial score (nSPS) is 17.3. The molecule has 2 heteroatoms. The predicted molar refractivity (Wildman–Crippen MR) is 69.6 cm³/mol. The van der Waals surface area contributed by atoms with Crippen molar-refractivity contribution >= 4 is 11.3 Å². The summed E-state index contributed by atoms with van der Waals surface area (Å²) in [5.41, 5.74) is 7.56. The topological polar surface area (TPSA) is 26.0 Å². The maximum absolute atomic E-state index is 6.13. The van der Waals surface area contributed by atoms with Gasteiger partial charge in [0, 0.05) is 15.3 Å². The van der Waals surface area contributed by atoms with Gasteiger partial charge < -0.3 is 5.73 Å². The molecule has 0 bridgehead atoms. The lowest BCUT2D eigenvalue weighted by molar-refractivity contribution is 0.679. The van der Waals surface area contributed by atoms with Crippen molar-refractivity contribution in [2.75, 3.05) is 0 Å². The predicted octanol–water partition coefficient (Wildman–Crippen LogP) is 3.45. The molecule has 0 radical (unpaired) electrons. The van der Waals surface area contributed by atoms with E-state index in [0.29, 0.717) is 0 Å². The van der Waals surface area contributed by atoms with Crippen LogP contribution in [-0.2, 0) is 6.42 Å². The first-order valence-electron chi connectivity index (χ1n) is 5.68. The minimum atomic E-state index is 0.124. The zero-order chi connectivity index (χ0) is 11.0. The Bertz CT molecular complexity index is 482. The number of hydrogen-bond donors (Lipinski definition) is 1. The van der Waals surface area contributed by atoms with Crippen LogP contribution in [0.2, 0.25) is 0 Å². The van der Waals surface area contributed by atoms with E-state index in [0.717, 1.165) is 6.42 Å². The van der Waals surface area contributed by atoms with E-state index in [2.05, 4.69) is 42.5 Å². The van der Waals surface area contributed by atoms with Crippen molar-refractivity contribution in [3.8, 4) is 10.4 Å². The molecule has 1 aromatic heterocycles. The summed E-state index contributed by atoms with van der Waals surface area (Å²) in [5, 5.41) is 0. The molecule has 1 aromatic carbocycles. The minimum Gasteiger partial charge on any atom is -0.325 e.